The zero-order chi connectivity index (χ0) is 5.86. The summed E-state index contributed by atoms with van der Waals surface area (Å²) in [4.78, 5) is 10.3. The van der Waals surface area contributed by atoms with Crippen molar-refractivity contribution in [1.29, 1.82) is 0 Å². The molecule has 0 aliphatic rings. The van der Waals surface area contributed by atoms with Gasteiger partial charge in [0.25, 0.3) is 5.91 Å². The summed E-state index contributed by atoms with van der Waals surface area (Å²) in [6.07, 6.45) is 1.27. The summed E-state index contributed by atoms with van der Waals surface area (Å²) in [7, 11) is 1.67. The minimum absolute atomic E-state index is 0.0689. The molecular formula is C4H6INO. The second-order valence-electron chi connectivity index (χ2n) is 1.02. The summed E-state index contributed by atoms with van der Waals surface area (Å²) >= 11 is 1.88. The topological polar surface area (TPSA) is 20.3 Å². The van der Waals surface area contributed by atoms with Gasteiger partial charge in [-0.3, -0.25) is 7.91 Å². The van der Waals surface area contributed by atoms with Crippen LogP contribution in [0.25, 0.3) is 0 Å². The predicted molar refractivity (Wildman–Crippen MR) is 37.0 cm³/mol. The minimum atomic E-state index is -0.0689. The van der Waals surface area contributed by atoms with Crippen molar-refractivity contribution >= 4 is 28.8 Å². The van der Waals surface area contributed by atoms with Crippen LogP contribution in [0, 0.1) is 0 Å². The minimum Gasteiger partial charge on any atom is -0.285 e. The Balaban J connectivity index is 3.56. The second kappa shape index (κ2) is 3.01. The number of carbonyl (C=O) groups excluding carboxylic acids is 1. The zero-order valence-electron chi connectivity index (χ0n) is 4.02. The first kappa shape index (κ1) is 6.94. The molecule has 0 N–H and O–H groups in total. The van der Waals surface area contributed by atoms with E-state index in [0.29, 0.717) is 0 Å². The maximum absolute atomic E-state index is 10.3. The molecule has 0 saturated heterocycles. The van der Waals surface area contributed by atoms with Gasteiger partial charge >= 0.3 is 0 Å². The van der Waals surface area contributed by atoms with E-state index in [2.05, 4.69) is 6.58 Å². The van der Waals surface area contributed by atoms with E-state index in [1.54, 1.807) is 7.05 Å². The smallest absolute Gasteiger partial charge is 0.254 e. The third-order valence-corrected chi connectivity index (χ3v) is 0.954. The summed E-state index contributed by atoms with van der Waals surface area (Å²) in [5.74, 6) is -0.0689. The highest BCUT2D eigenvalue weighted by molar-refractivity contribution is 14.1. The van der Waals surface area contributed by atoms with E-state index in [0.717, 1.165) is 0 Å². The lowest BCUT2D eigenvalue weighted by Gasteiger charge is -1.99. The molecule has 0 aromatic rings. The van der Waals surface area contributed by atoms with Crippen LogP contribution in [0.5, 0.6) is 0 Å². The molecule has 0 bridgehead atoms. The number of nitrogens with zero attached hydrogens (tertiary/aromatic N) is 1. The Kier molecular flexibility index (Phi) is 2.98. The first-order chi connectivity index (χ1) is 3.18. The van der Waals surface area contributed by atoms with Crippen molar-refractivity contribution in [3.05, 3.63) is 12.7 Å². The number of halogens is 1. The summed E-state index contributed by atoms with van der Waals surface area (Å²) in [6.45, 7) is 3.29. The third kappa shape index (κ3) is 2.61. The van der Waals surface area contributed by atoms with Crippen LogP contribution in [0.15, 0.2) is 12.7 Å². The molecule has 0 radical (unpaired) electrons. The van der Waals surface area contributed by atoms with Crippen LogP contribution in [0.3, 0.4) is 0 Å². The van der Waals surface area contributed by atoms with Crippen LogP contribution in [0.2, 0.25) is 0 Å². The quantitative estimate of drug-likeness (QED) is 0.359. The first-order valence-corrected chi connectivity index (χ1v) is 2.71. The summed E-state index contributed by atoms with van der Waals surface area (Å²) < 4.78 is 1.44. The molecule has 7 heavy (non-hydrogen) atoms. The van der Waals surface area contributed by atoms with E-state index in [1.165, 1.54) is 9.19 Å². The van der Waals surface area contributed by atoms with Gasteiger partial charge in [-0.2, -0.15) is 0 Å². The SMILES string of the molecule is C=CC(=O)N(C)I. The number of hydrogen-bond acceptors (Lipinski definition) is 1. The first-order valence-electron chi connectivity index (χ1n) is 1.74. The maximum Gasteiger partial charge on any atom is 0.254 e. The van der Waals surface area contributed by atoms with Gasteiger partial charge in [-0.15, -0.1) is 0 Å². The van der Waals surface area contributed by atoms with Gasteiger partial charge in [0, 0.05) is 7.05 Å². The van der Waals surface area contributed by atoms with Gasteiger partial charge in [0.2, 0.25) is 0 Å². The largest absolute Gasteiger partial charge is 0.285 e. The lowest BCUT2D eigenvalue weighted by molar-refractivity contribution is -0.119. The van der Waals surface area contributed by atoms with Crippen molar-refractivity contribution in [2.75, 3.05) is 7.05 Å². The fourth-order valence-corrected chi connectivity index (χ4v) is 0.323. The Bertz CT molecular complexity index is 89.7. The van der Waals surface area contributed by atoms with Crippen LogP contribution in [0.1, 0.15) is 0 Å². The molecule has 0 fully saturated rings. The van der Waals surface area contributed by atoms with Crippen LogP contribution in [0.4, 0.5) is 0 Å². The van der Waals surface area contributed by atoms with Crippen molar-refractivity contribution in [2.24, 2.45) is 0 Å². The third-order valence-electron chi connectivity index (χ3n) is 0.478. The average molecular weight is 211 g/mol. The van der Waals surface area contributed by atoms with E-state index in [9.17, 15) is 4.79 Å². The van der Waals surface area contributed by atoms with Gasteiger partial charge in [-0.05, 0) is 6.08 Å². The fourth-order valence-electron chi connectivity index (χ4n) is 0.126. The molecule has 0 spiro atoms. The van der Waals surface area contributed by atoms with Crippen LogP contribution in [-0.2, 0) is 4.79 Å². The molecule has 0 aromatic carbocycles. The molecular weight excluding hydrogens is 205 g/mol. The van der Waals surface area contributed by atoms with Gasteiger partial charge in [0.1, 0.15) is 0 Å². The summed E-state index contributed by atoms with van der Waals surface area (Å²) in [5, 5.41) is 0. The van der Waals surface area contributed by atoms with Crippen LogP contribution >= 0.6 is 22.9 Å². The van der Waals surface area contributed by atoms with Gasteiger partial charge in [-0.1, -0.05) is 6.58 Å². The second-order valence-corrected chi connectivity index (χ2v) is 2.47. The van der Waals surface area contributed by atoms with Crippen LogP contribution < -0.4 is 0 Å². The lowest BCUT2D eigenvalue weighted by atomic mass is 10.6. The van der Waals surface area contributed by atoms with E-state index < -0.39 is 0 Å². The Morgan fingerprint density at radius 1 is 2.00 bits per heavy atom. The van der Waals surface area contributed by atoms with Crippen molar-refractivity contribution in [2.45, 2.75) is 0 Å². The van der Waals surface area contributed by atoms with E-state index in [1.807, 2.05) is 22.9 Å². The maximum atomic E-state index is 10.3. The molecule has 0 saturated carbocycles. The van der Waals surface area contributed by atoms with Gasteiger partial charge in [0.15, 0.2) is 0 Å². The number of likely N-dealkylation sites (N-methyl/N-ethyl adjacent to an activating group) is 1. The molecule has 0 unspecified atom stereocenters. The highest BCUT2D eigenvalue weighted by Crippen LogP contribution is 1.92. The van der Waals surface area contributed by atoms with Crippen LogP contribution in [-0.4, -0.2) is 16.1 Å². The van der Waals surface area contributed by atoms with E-state index >= 15 is 0 Å². The van der Waals surface area contributed by atoms with Gasteiger partial charge in [0.05, 0.1) is 22.9 Å². The fraction of sp³-hybridized carbons (Fsp3) is 0.250. The molecule has 0 heterocycles. The van der Waals surface area contributed by atoms with Crippen molar-refractivity contribution < 1.29 is 4.79 Å². The monoisotopic (exact) mass is 211 g/mol. The Hall–Kier alpha value is -0.0600. The highest BCUT2D eigenvalue weighted by Gasteiger charge is 1.94. The van der Waals surface area contributed by atoms with Crippen molar-refractivity contribution in [3.63, 3.8) is 0 Å². The molecule has 0 aromatic heterocycles. The molecule has 3 heteroatoms. The molecule has 0 aliphatic carbocycles. The van der Waals surface area contributed by atoms with Crippen molar-refractivity contribution in [3.8, 4) is 0 Å². The standard InChI is InChI=1S/C4H6INO/c1-3-4(7)6(2)5/h3H,1H2,2H3. The van der Waals surface area contributed by atoms with Gasteiger partial charge in [-0.25, -0.2) is 0 Å². The lowest BCUT2D eigenvalue weighted by Crippen LogP contribution is -2.10. The normalized spacial score (nSPS) is 7.71. The summed E-state index contributed by atoms with van der Waals surface area (Å²) in [5.41, 5.74) is 0. The Labute approximate surface area is 56.7 Å². The average Bonchev–Trinajstić information content (AvgIpc) is 1.65. The molecule has 0 rings (SSSR count). The van der Waals surface area contributed by atoms with Gasteiger partial charge < -0.3 is 0 Å². The number of rotatable bonds is 1. The number of hydrogen-bond donors (Lipinski definition) is 0. The Morgan fingerprint density at radius 2 is 2.43 bits per heavy atom. The molecule has 40 valence electrons. The number of carbonyl (C=O) groups is 1. The summed E-state index contributed by atoms with van der Waals surface area (Å²) in [6, 6.07) is 0. The van der Waals surface area contributed by atoms with E-state index in [4.69, 9.17) is 0 Å². The zero-order valence-corrected chi connectivity index (χ0v) is 6.18. The Morgan fingerprint density at radius 3 is 2.43 bits per heavy atom. The molecule has 1 amide bonds. The number of amides is 1. The predicted octanol–water partition coefficient (Wildman–Crippen LogP) is 0.981. The molecule has 0 atom stereocenters. The van der Waals surface area contributed by atoms with E-state index in [-0.39, 0.29) is 5.91 Å². The van der Waals surface area contributed by atoms with Crippen molar-refractivity contribution in [1.82, 2.24) is 3.11 Å². The molecule has 0 aliphatic heterocycles. The molecule has 2 nitrogen and oxygen atoms in total. The highest BCUT2D eigenvalue weighted by atomic mass is 127.